The van der Waals surface area contributed by atoms with Crippen molar-refractivity contribution in [3.63, 3.8) is 0 Å². The highest BCUT2D eigenvalue weighted by Crippen LogP contribution is 2.51. The van der Waals surface area contributed by atoms with Crippen LogP contribution in [-0.4, -0.2) is 21.8 Å². The highest BCUT2D eigenvalue weighted by atomic mass is 35.5. The zero-order valence-electron chi connectivity index (χ0n) is 11.8. The van der Waals surface area contributed by atoms with E-state index in [0.717, 1.165) is 12.8 Å². The zero-order chi connectivity index (χ0) is 14.9. The number of hydrogen-bond donors (Lipinski definition) is 1. The van der Waals surface area contributed by atoms with Crippen molar-refractivity contribution in [2.24, 2.45) is 5.92 Å². The van der Waals surface area contributed by atoms with Crippen molar-refractivity contribution in [1.29, 1.82) is 0 Å². The van der Waals surface area contributed by atoms with Crippen LogP contribution in [0.1, 0.15) is 38.3 Å². The minimum Gasteiger partial charge on any atom is -0.467 e. The van der Waals surface area contributed by atoms with Crippen LogP contribution < -0.4 is 10.1 Å². The van der Waals surface area contributed by atoms with E-state index in [1.807, 2.05) is 6.92 Å². The van der Waals surface area contributed by atoms with Crippen LogP contribution in [-0.2, 0) is 0 Å². The molecule has 6 heteroatoms. The lowest BCUT2D eigenvalue weighted by molar-refractivity contribution is -0.114. The van der Waals surface area contributed by atoms with E-state index in [4.69, 9.17) is 28.6 Å². The topological polar surface area (TPSA) is 24.5 Å². The third kappa shape index (κ3) is 1.73. The molecule has 1 saturated carbocycles. The SMILES string of the molecule is CC1C2NC(=S)N(C3CC3)C1(C)Oc1ccc(Cl)c(F)c12. The molecule has 3 atom stereocenters. The van der Waals surface area contributed by atoms with Crippen LogP contribution in [0.5, 0.6) is 5.75 Å². The molecule has 0 radical (unpaired) electrons. The van der Waals surface area contributed by atoms with Gasteiger partial charge in [-0.15, -0.1) is 0 Å². The molecule has 3 unspecified atom stereocenters. The zero-order valence-corrected chi connectivity index (χ0v) is 13.4. The molecular formula is C15H16ClFN2OS. The first-order valence-corrected chi connectivity index (χ1v) is 7.99. The van der Waals surface area contributed by atoms with E-state index in [9.17, 15) is 4.39 Å². The Morgan fingerprint density at radius 2 is 2.19 bits per heavy atom. The Bertz CT molecular complexity index is 651. The van der Waals surface area contributed by atoms with E-state index in [2.05, 4.69) is 17.1 Å². The largest absolute Gasteiger partial charge is 0.467 e. The fraction of sp³-hybridized carbons (Fsp3) is 0.533. The van der Waals surface area contributed by atoms with E-state index in [1.54, 1.807) is 12.1 Å². The normalized spacial score (nSPS) is 34.1. The number of thiocarbonyl (C=S) groups is 1. The summed E-state index contributed by atoms with van der Waals surface area (Å²) >= 11 is 11.4. The van der Waals surface area contributed by atoms with Crippen LogP contribution >= 0.6 is 23.8 Å². The number of fused-ring (bicyclic) bond motifs is 4. The molecule has 1 saturated heterocycles. The Balaban J connectivity index is 1.88. The second kappa shape index (κ2) is 4.23. The summed E-state index contributed by atoms with van der Waals surface area (Å²) in [5.74, 6) is 0.205. The number of rotatable bonds is 1. The molecule has 4 rings (SSSR count). The van der Waals surface area contributed by atoms with E-state index < -0.39 is 11.5 Å². The predicted octanol–water partition coefficient (Wildman–Crippen LogP) is 3.62. The standard InChI is InChI=1S/C15H16ClFN2OS/c1-7-13-11-10(6-5-9(16)12(11)17)20-15(7,2)19(8-3-4-8)14(21)18-13/h5-8,13H,3-4H2,1-2H3,(H,18,21). The second-order valence-electron chi connectivity index (χ2n) is 6.25. The van der Waals surface area contributed by atoms with Gasteiger partial charge in [0.25, 0.3) is 0 Å². The van der Waals surface area contributed by atoms with Gasteiger partial charge in [0.05, 0.1) is 16.6 Å². The maximum Gasteiger partial charge on any atom is 0.187 e. The van der Waals surface area contributed by atoms with Gasteiger partial charge in [-0.2, -0.15) is 0 Å². The fourth-order valence-electron chi connectivity index (χ4n) is 3.53. The van der Waals surface area contributed by atoms with Crippen molar-refractivity contribution < 1.29 is 9.13 Å². The second-order valence-corrected chi connectivity index (χ2v) is 7.04. The molecule has 0 spiro atoms. The Hall–Kier alpha value is -1.07. The van der Waals surface area contributed by atoms with Crippen LogP contribution in [0.4, 0.5) is 4.39 Å². The first-order valence-electron chi connectivity index (χ1n) is 7.20. The van der Waals surface area contributed by atoms with Crippen LogP contribution in [0.3, 0.4) is 0 Å². The lowest BCUT2D eigenvalue weighted by atomic mass is 9.80. The Kier molecular flexibility index (Phi) is 2.74. The maximum atomic E-state index is 14.5. The van der Waals surface area contributed by atoms with Gasteiger partial charge in [0.1, 0.15) is 5.75 Å². The number of nitrogens with one attached hydrogen (secondary N) is 1. The van der Waals surface area contributed by atoms with E-state index >= 15 is 0 Å². The third-order valence-corrected chi connectivity index (χ3v) is 5.56. The molecule has 0 aromatic heterocycles. The Labute approximate surface area is 133 Å². The molecule has 21 heavy (non-hydrogen) atoms. The summed E-state index contributed by atoms with van der Waals surface area (Å²) in [5, 5.41) is 4.06. The summed E-state index contributed by atoms with van der Waals surface area (Å²) in [7, 11) is 0. The quantitative estimate of drug-likeness (QED) is 0.797. The molecule has 2 fully saturated rings. The molecule has 2 aliphatic heterocycles. The average molecular weight is 327 g/mol. The van der Waals surface area contributed by atoms with Gasteiger partial charge < -0.3 is 15.0 Å². The Morgan fingerprint density at radius 3 is 2.86 bits per heavy atom. The molecule has 112 valence electrons. The number of nitrogens with zero attached hydrogens (tertiary/aromatic N) is 1. The Morgan fingerprint density at radius 1 is 1.48 bits per heavy atom. The van der Waals surface area contributed by atoms with Gasteiger partial charge in [0, 0.05) is 12.0 Å². The first kappa shape index (κ1) is 13.6. The predicted molar refractivity (Wildman–Crippen MR) is 82.9 cm³/mol. The molecule has 1 aliphatic carbocycles. The summed E-state index contributed by atoms with van der Waals surface area (Å²) in [6.07, 6.45) is 2.25. The van der Waals surface area contributed by atoms with Crippen molar-refractivity contribution in [3.8, 4) is 5.75 Å². The first-order chi connectivity index (χ1) is 9.93. The molecule has 3 nitrogen and oxygen atoms in total. The van der Waals surface area contributed by atoms with Crippen molar-refractivity contribution in [1.82, 2.24) is 10.2 Å². The highest BCUT2D eigenvalue weighted by Gasteiger charge is 2.57. The lowest BCUT2D eigenvalue weighted by Crippen LogP contribution is -2.69. The molecule has 1 aromatic carbocycles. The molecule has 1 N–H and O–H groups in total. The maximum absolute atomic E-state index is 14.5. The minimum atomic E-state index is -0.540. The molecule has 3 aliphatic rings. The van der Waals surface area contributed by atoms with Gasteiger partial charge in [-0.05, 0) is 44.1 Å². The van der Waals surface area contributed by atoms with Crippen molar-refractivity contribution in [3.05, 3.63) is 28.5 Å². The van der Waals surface area contributed by atoms with Crippen LogP contribution in [0.2, 0.25) is 5.02 Å². The smallest absolute Gasteiger partial charge is 0.187 e. The van der Waals surface area contributed by atoms with E-state index in [-0.39, 0.29) is 17.0 Å². The van der Waals surface area contributed by atoms with Crippen molar-refractivity contribution in [2.75, 3.05) is 0 Å². The molecule has 2 bridgehead atoms. The minimum absolute atomic E-state index is 0.0604. The van der Waals surface area contributed by atoms with Crippen LogP contribution in [0.15, 0.2) is 12.1 Å². The van der Waals surface area contributed by atoms with Gasteiger partial charge in [0.2, 0.25) is 0 Å². The number of benzene rings is 1. The summed E-state index contributed by atoms with van der Waals surface area (Å²) in [5.41, 5.74) is -0.0492. The summed E-state index contributed by atoms with van der Waals surface area (Å²) in [6, 6.07) is 3.51. The van der Waals surface area contributed by atoms with Gasteiger partial charge in [-0.25, -0.2) is 4.39 Å². The van der Waals surface area contributed by atoms with E-state index in [1.165, 1.54) is 0 Å². The van der Waals surface area contributed by atoms with Gasteiger partial charge in [-0.3, -0.25) is 0 Å². The van der Waals surface area contributed by atoms with Crippen molar-refractivity contribution in [2.45, 2.75) is 44.5 Å². The fourth-order valence-corrected chi connectivity index (χ4v) is 4.16. The lowest BCUT2D eigenvalue weighted by Gasteiger charge is -2.56. The summed E-state index contributed by atoms with van der Waals surface area (Å²) < 4.78 is 20.7. The number of hydrogen-bond acceptors (Lipinski definition) is 2. The molecule has 2 heterocycles. The molecule has 1 aromatic rings. The van der Waals surface area contributed by atoms with Crippen LogP contribution in [0.25, 0.3) is 0 Å². The third-order valence-electron chi connectivity index (χ3n) is 4.95. The molecule has 0 amide bonds. The number of ether oxygens (including phenoxy) is 1. The molecular weight excluding hydrogens is 311 g/mol. The van der Waals surface area contributed by atoms with Crippen LogP contribution in [0, 0.1) is 11.7 Å². The number of halogens is 2. The van der Waals surface area contributed by atoms with E-state index in [0.29, 0.717) is 22.5 Å². The monoisotopic (exact) mass is 326 g/mol. The van der Waals surface area contributed by atoms with Gasteiger partial charge in [-0.1, -0.05) is 18.5 Å². The summed E-state index contributed by atoms with van der Waals surface area (Å²) in [6.45, 7) is 4.11. The average Bonchev–Trinajstić information content (AvgIpc) is 3.22. The summed E-state index contributed by atoms with van der Waals surface area (Å²) in [4.78, 5) is 2.15. The van der Waals surface area contributed by atoms with Gasteiger partial charge in [0.15, 0.2) is 16.7 Å². The highest BCUT2D eigenvalue weighted by molar-refractivity contribution is 7.80. The van der Waals surface area contributed by atoms with Gasteiger partial charge >= 0.3 is 0 Å². The van der Waals surface area contributed by atoms with Crippen molar-refractivity contribution >= 4 is 28.9 Å².